The van der Waals surface area contributed by atoms with Gasteiger partial charge in [-0.05, 0) is 35.8 Å². The number of piperidine rings is 1. The maximum absolute atomic E-state index is 10.4. The highest BCUT2D eigenvalue weighted by Crippen LogP contribution is 2.40. The molecule has 1 aliphatic rings. The number of hydrogen-bond donors (Lipinski definition) is 1. The molecule has 0 saturated carbocycles. The van der Waals surface area contributed by atoms with Crippen LogP contribution < -0.4 is 4.90 Å². The van der Waals surface area contributed by atoms with E-state index in [4.69, 9.17) is 4.74 Å². The van der Waals surface area contributed by atoms with Gasteiger partial charge in [0.05, 0.1) is 5.39 Å². The second-order valence-electron chi connectivity index (χ2n) is 8.69. The Labute approximate surface area is 185 Å². The first-order chi connectivity index (χ1) is 14.9. The van der Waals surface area contributed by atoms with Crippen molar-refractivity contribution in [1.29, 1.82) is 0 Å². The molecule has 1 fully saturated rings. The largest absolute Gasteiger partial charge is 0.461 e. The van der Waals surface area contributed by atoms with Crippen molar-refractivity contribution >= 4 is 22.8 Å². The van der Waals surface area contributed by atoms with Gasteiger partial charge in [0.2, 0.25) is 0 Å². The summed E-state index contributed by atoms with van der Waals surface area (Å²) < 4.78 is 4.79. The van der Waals surface area contributed by atoms with Crippen molar-refractivity contribution in [3.05, 3.63) is 54.5 Å². The number of aromatic amines is 1. The minimum Gasteiger partial charge on any atom is -0.461 e. The number of aromatic nitrogens is 3. The molecule has 1 saturated heterocycles. The van der Waals surface area contributed by atoms with Crippen LogP contribution in [-0.4, -0.2) is 34.0 Å². The highest BCUT2D eigenvalue weighted by atomic mass is 16.5. The topological polar surface area (TPSA) is 71.1 Å². The third-order valence-corrected chi connectivity index (χ3v) is 6.45. The number of nitrogens with zero attached hydrogens (tertiary/aromatic N) is 3. The molecule has 0 aliphatic carbocycles. The molecule has 1 aliphatic heterocycles. The third-order valence-electron chi connectivity index (χ3n) is 6.45. The first-order valence-corrected chi connectivity index (χ1v) is 11.1. The normalized spacial score (nSPS) is 19.4. The Kier molecular flexibility index (Phi) is 7.66. The molecule has 31 heavy (non-hydrogen) atoms. The molecule has 0 amide bonds. The minimum atomic E-state index is -0.242. The molecule has 3 aromatic rings. The van der Waals surface area contributed by atoms with Crippen molar-refractivity contribution in [2.24, 2.45) is 11.3 Å². The van der Waals surface area contributed by atoms with Crippen LogP contribution in [0.2, 0.25) is 0 Å². The fraction of sp³-hybridized carbons (Fsp3) is 0.480. The van der Waals surface area contributed by atoms with Crippen LogP contribution in [0.25, 0.3) is 11.0 Å². The number of anilines is 1. The molecule has 1 N–H and O–H groups in total. The van der Waals surface area contributed by atoms with E-state index in [-0.39, 0.29) is 5.97 Å². The smallest absolute Gasteiger partial charge is 0.302 e. The first-order valence-electron chi connectivity index (χ1n) is 11.1. The molecule has 166 valence electrons. The molecule has 4 rings (SSSR count). The number of benzene rings is 1. The molecule has 1 aromatic carbocycles. The zero-order valence-corrected chi connectivity index (χ0v) is 19.1. The average Bonchev–Trinajstić information content (AvgIpc) is 3.27. The number of ether oxygens (including phenoxy) is 1. The highest BCUT2D eigenvalue weighted by Gasteiger charge is 2.35. The Morgan fingerprint density at radius 2 is 2.03 bits per heavy atom. The third kappa shape index (κ3) is 5.84. The van der Waals surface area contributed by atoms with Crippen molar-refractivity contribution in [1.82, 2.24) is 15.0 Å². The SMILES string of the molecule is CC(=O)OCc1ccccc1.CCC(C)C1(C)CCCN(c2ncnc3[nH]ccc23)C1. The van der Waals surface area contributed by atoms with E-state index in [1.54, 1.807) is 6.33 Å². The number of carbonyl (C=O) groups excluding carboxylic acids is 1. The predicted octanol–water partition coefficient (Wildman–Crippen LogP) is 5.36. The van der Waals surface area contributed by atoms with Gasteiger partial charge in [0.1, 0.15) is 24.4 Å². The number of nitrogens with one attached hydrogen (secondary N) is 1. The van der Waals surface area contributed by atoms with Gasteiger partial charge in [0.25, 0.3) is 0 Å². The van der Waals surface area contributed by atoms with Gasteiger partial charge in [-0.1, -0.05) is 57.5 Å². The molecule has 2 atom stereocenters. The Hall–Kier alpha value is -2.89. The van der Waals surface area contributed by atoms with Crippen LogP contribution in [-0.2, 0) is 16.1 Å². The quantitative estimate of drug-likeness (QED) is 0.561. The summed E-state index contributed by atoms with van der Waals surface area (Å²) >= 11 is 0. The average molecular weight is 423 g/mol. The Morgan fingerprint density at radius 3 is 2.74 bits per heavy atom. The number of hydrogen-bond acceptors (Lipinski definition) is 5. The fourth-order valence-corrected chi connectivity index (χ4v) is 4.21. The van der Waals surface area contributed by atoms with Gasteiger partial charge in [-0.15, -0.1) is 0 Å². The molecule has 2 aromatic heterocycles. The number of rotatable bonds is 5. The van der Waals surface area contributed by atoms with Crippen LogP contribution in [0.5, 0.6) is 0 Å². The van der Waals surface area contributed by atoms with Crippen molar-refractivity contribution < 1.29 is 9.53 Å². The molecule has 0 radical (unpaired) electrons. The summed E-state index contributed by atoms with van der Waals surface area (Å²) in [5.41, 5.74) is 2.34. The van der Waals surface area contributed by atoms with E-state index >= 15 is 0 Å². The Bertz CT molecular complexity index is 972. The molecular weight excluding hydrogens is 388 g/mol. The zero-order valence-electron chi connectivity index (χ0n) is 19.1. The van der Waals surface area contributed by atoms with Gasteiger partial charge < -0.3 is 14.6 Å². The van der Waals surface area contributed by atoms with Crippen LogP contribution >= 0.6 is 0 Å². The number of fused-ring (bicyclic) bond motifs is 1. The van der Waals surface area contributed by atoms with Gasteiger partial charge in [0, 0.05) is 26.2 Å². The van der Waals surface area contributed by atoms with Crippen molar-refractivity contribution in [3.8, 4) is 0 Å². The van der Waals surface area contributed by atoms with Gasteiger partial charge in [0.15, 0.2) is 0 Å². The maximum Gasteiger partial charge on any atom is 0.302 e. The van der Waals surface area contributed by atoms with Crippen LogP contribution in [0.1, 0.15) is 52.5 Å². The number of carbonyl (C=O) groups is 1. The van der Waals surface area contributed by atoms with Gasteiger partial charge in [-0.2, -0.15) is 0 Å². The highest BCUT2D eigenvalue weighted by molar-refractivity contribution is 5.87. The number of esters is 1. The van der Waals surface area contributed by atoms with E-state index in [1.807, 2.05) is 36.5 Å². The summed E-state index contributed by atoms with van der Waals surface area (Å²) in [6, 6.07) is 11.7. The fourth-order valence-electron chi connectivity index (χ4n) is 4.21. The number of H-pyrrole nitrogens is 1. The van der Waals surface area contributed by atoms with Crippen molar-refractivity contribution in [2.75, 3.05) is 18.0 Å². The second kappa shape index (κ2) is 10.4. The molecule has 6 heteroatoms. The molecular formula is C25H34N4O2. The molecule has 0 spiro atoms. The van der Waals surface area contributed by atoms with E-state index in [1.165, 1.54) is 26.2 Å². The summed E-state index contributed by atoms with van der Waals surface area (Å²) in [7, 11) is 0. The Balaban J connectivity index is 0.000000210. The zero-order chi connectivity index (χ0) is 22.3. The van der Waals surface area contributed by atoms with E-state index in [0.717, 1.165) is 41.4 Å². The van der Waals surface area contributed by atoms with Crippen LogP contribution in [0.3, 0.4) is 0 Å². The van der Waals surface area contributed by atoms with E-state index < -0.39 is 0 Å². The lowest BCUT2D eigenvalue weighted by Gasteiger charge is -2.44. The summed E-state index contributed by atoms with van der Waals surface area (Å²) in [6.45, 7) is 11.1. The lowest BCUT2D eigenvalue weighted by molar-refractivity contribution is -0.142. The first kappa shape index (κ1) is 22.8. The molecule has 2 unspecified atom stereocenters. The molecule has 0 bridgehead atoms. The van der Waals surface area contributed by atoms with Gasteiger partial charge >= 0.3 is 5.97 Å². The minimum absolute atomic E-state index is 0.242. The van der Waals surface area contributed by atoms with Crippen LogP contribution in [0, 0.1) is 11.3 Å². The van der Waals surface area contributed by atoms with Gasteiger partial charge in [-0.25, -0.2) is 9.97 Å². The van der Waals surface area contributed by atoms with Crippen molar-refractivity contribution in [2.45, 2.75) is 53.6 Å². The maximum atomic E-state index is 10.4. The lowest BCUT2D eigenvalue weighted by atomic mass is 9.71. The van der Waals surface area contributed by atoms with Crippen LogP contribution in [0.15, 0.2) is 48.9 Å². The summed E-state index contributed by atoms with van der Waals surface area (Å²) in [4.78, 5) is 24.9. The predicted molar refractivity (Wildman–Crippen MR) is 125 cm³/mol. The summed E-state index contributed by atoms with van der Waals surface area (Å²) in [6.07, 6.45) is 7.42. The Morgan fingerprint density at radius 1 is 1.26 bits per heavy atom. The van der Waals surface area contributed by atoms with E-state index in [9.17, 15) is 4.79 Å². The second-order valence-corrected chi connectivity index (χ2v) is 8.69. The summed E-state index contributed by atoms with van der Waals surface area (Å²) in [5, 5.41) is 1.14. The van der Waals surface area contributed by atoms with Gasteiger partial charge in [-0.3, -0.25) is 4.79 Å². The molecule has 6 nitrogen and oxygen atoms in total. The monoisotopic (exact) mass is 422 g/mol. The van der Waals surface area contributed by atoms with Crippen LogP contribution in [0.4, 0.5) is 5.82 Å². The van der Waals surface area contributed by atoms with E-state index in [0.29, 0.717) is 12.0 Å². The standard InChI is InChI=1S/C16H24N4.C9H10O2/c1-4-12(2)16(3)7-5-9-20(10-16)15-13-6-8-17-14(13)18-11-19-15;1-8(10)11-7-9-5-3-2-4-6-9/h6,8,11-12H,4-5,7,9-10H2,1-3H3,(H,17,18,19);2-6H,7H2,1H3. The lowest BCUT2D eigenvalue weighted by Crippen LogP contribution is -2.45. The summed E-state index contributed by atoms with van der Waals surface area (Å²) in [5.74, 6) is 1.59. The van der Waals surface area contributed by atoms with Crippen molar-refractivity contribution in [3.63, 3.8) is 0 Å². The molecule has 3 heterocycles. The van der Waals surface area contributed by atoms with E-state index in [2.05, 4.69) is 46.7 Å².